The van der Waals surface area contributed by atoms with Crippen molar-refractivity contribution in [2.75, 3.05) is 65.5 Å². The number of piperazine rings is 1. The van der Waals surface area contributed by atoms with Gasteiger partial charge in [0.05, 0.1) is 14.2 Å². The number of amides is 2. The average molecular weight is 368 g/mol. The lowest BCUT2D eigenvalue weighted by Crippen LogP contribution is -2.52. The van der Waals surface area contributed by atoms with Crippen LogP contribution in [0.3, 0.4) is 0 Å². The van der Waals surface area contributed by atoms with E-state index in [-0.39, 0.29) is 6.03 Å². The monoisotopic (exact) mass is 367 g/mol. The third-order valence-corrected chi connectivity index (χ3v) is 5.02. The van der Waals surface area contributed by atoms with Gasteiger partial charge in [0.1, 0.15) is 0 Å². The molecule has 1 aromatic rings. The number of hydrogen-bond donors (Lipinski definition) is 1. The molecule has 0 bridgehead atoms. The molecule has 1 aromatic carbocycles. The maximum absolute atomic E-state index is 12.3. The molecular weight excluding hydrogens is 338 g/mol. The van der Waals surface area contributed by atoms with Gasteiger partial charge in [-0.2, -0.15) is 11.8 Å². The number of urea groups is 1. The van der Waals surface area contributed by atoms with Crippen LogP contribution in [0.2, 0.25) is 0 Å². The SMILES string of the molecule is COc1cccc(CCNC(=O)N2CCN(CCSC)CC2)c1OC. The van der Waals surface area contributed by atoms with Crippen molar-refractivity contribution < 1.29 is 14.3 Å². The van der Waals surface area contributed by atoms with E-state index in [4.69, 9.17) is 9.47 Å². The van der Waals surface area contributed by atoms with E-state index in [9.17, 15) is 4.79 Å². The smallest absolute Gasteiger partial charge is 0.317 e. The zero-order valence-corrected chi connectivity index (χ0v) is 16.2. The van der Waals surface area contributed by atoms with Crippen molar-refractivity contribution in [1.82, 2.24) is 15.1 Å². The zero-order chi connectivity index (χ0) is 18.1. The molecule has 1 aliphatic heterocycles. The number of rotatable bonds is 8. The third kappa shape index (κ3) is 5.71. The van der Waals surface area contributed by atoms with Crippen LogP contribution in [0.1, 0.15) is 5.56 Å². The predicted octanol–water partition coefficient (Wildman–Crippen LogP) is 1.94. The van der Waals surface area contributed by atoms with Gasteiger partial charge in [-0.25, -0.2) is 4.79 Å². The molecule has 6 nitrogen and oxygen atoms in total. The van der Waals surface area contributed by atoms with Gasteiger partial charge < -0.3 is 19.7 Å². The molecule has 1 saturated heterocycles. The Morgan fingerprint density at radius 1 is 1.20 bits per heavy atom. The molecule has 1 N–H and O–H groups in total. The second-order valence-corrected chi connectivity index (χ2v) is 6.94. The number of nitrogens with zero attached hydrogens (tertiary/aromatic N) is 2. The standard InChI is InChI=1S/C18H29N3O3S/c1-23-16-6-4-5-15(17(16)24-2)7-8-19-18(22)21-11-9-20(10-12-21)13-14-25-3/h4-6H,7-14H2,1-3H3,(H,19,22). The molecule has 2 rings (SSSR count). The Kier molecular flexibility index (Phi) is 8.21. The second-order valence-electron chi connectivity index (χ2n) is 5.96. The minimum atomic E-state index is 0.0198. The summed E-state index contributed by atoms with van der Waals surface area (Å²) in [7, 11) is 3.26. The van der Waals surface area contributed by atoms with Crippen molar-refractivity contribution >= 4 is 17.8 Å². The van der Waals surface area contributed by atoms with Gasteiger partial charge >= 0.3 is 6.03 Å². The largest absolute Gasteiger partial charge is 0.493 e. The second kappa shape index (κ2) is 10.4. The Bertz CT molecular complexity index is 548. The van der Waals surface area contributed by atoms with E-state index < -0.39 is 0 Å². The Balaban J connectivity index is 1.76. The number of para-hydroxylation sites is 1. The Hall–Kier alpha value is -1.60. The van der Waals surface area contributed by atoms with Gasteiger partial charge in [-0.15, -0.1) is 0 Å². The maximum Gasteiger partial charge on any atom is 0.317 e. The van der Waals surface area contributed by atoms with Crippen LogP contribution in [0.25, 0.3) is 0 Å². The van der Waals surface area contributed by atoms with E-state index >= 15 is 0 Å². The lowest BCUT2D eigenvalue weighted by Gasteiger charge is -2.34. The van der Waals surface area contributed by atoms with Gasteiger partial charge in [-0.3, -0.25) is 4.90 Å². The average Bonchev–Trinajstić information content (AvgIpc) is 2.66. The molecule has 2 amide bonds. The molecule has 0 atom stereocenters. The summed E-state index contributed by atoms with van der Waals surface area (Å²) in [5.41, 5.74) is 1.03. The van der Waals surface area contributed by atoms with Gasteiger partial charge in [0.2, 0.25) is 0 Å². The summed E-state index contributed by atoms with van der Waals surface area (Å²) in [6, 6.07) is 5.83. The normalized spacial score (nSPS) is 15.1. The number of nitrogens with one attached hydrogen (secondary N) is 1. The molecule has 140 valence electrons. The van der Waals surface area contributed by atoms with Crippen LogP contribution in [-0.4, -0.2) is 81.3 Å². The molecule has 0 unspecified atom stereocenters. The summed E-state index contributed by atoms with van der Waals surface area (Å²) in [6.45, 7) is 5.18. The molecule has 25 heavy (non-hydrogen) atoms. The van der Waals surface area contributed by atoms with Crippen LogP contribution in [0.4, 0.5) is 4.79 Å². The van der Waals surface area contributed by atoms with Crippen LogP contribution in [0.15, 0.2) is 18.2 Å². The Morgan fingerprint density at radius 3 is 2.60 bits per heavy atom. The van der Waals surface area contributed by atoms with Crippen molar-refractivity contribution in [3.05, 3.63) is 23.8 Å². The lowest BCUT2D eigenvalue weighted by atomic mass is 10.1. The van der Waals surface area contributed by atoms with Crippen molar-refractivity contribution in [3.63, 3.8) is 0 Å². The van der Waals surface area contributed by atoms with Crippen molar-refractivity contribution in [2.24, 2.45) is 0 Å². The minimum absolute atomic E-state index is 0.0198. The van der Waals surface area contributed by atoms with Crippen molar-refractivity contribution in [3.8, 4) is 11.5 Å². The molecule has 0 spiro atoms. The quantitative estimate of drug-likeness (QED) is 0.761. The molecule has 1 heterocycles. The topological polar surface area (TPSA) is 54.0 Å². The summed E-state index contributed by atoms with van der Waals surface area (Å²) in [5, 5.41) is 3.02. The summed E-state index contributed by atoms with van der Waals surface area (Å²) in [6.07, 6.45) is 2.83. The molecule has 1 fully saturated rings. The molecular formula is C18H29N3O3S. The first kappa shape index (κ1) is 19.7. The van der Waals surface area contributed by atoms with Crippen LogP contribution in [-0.2, 0) is 6.42 Å². The van der Waals surface area contributed by atoms with E-state index in [0.717, 1.165) is 49.8 Å². The highest BCUT2D eigenvalue weighted by atomic mass is 32.2. The molecule has 1 aliphatic rings. The van der Waals surface area contributed by atoms with E-state index in [1.807, 2.05) is 34.9 Å². The van der Waals surface area contributed by atoms with Crippen LogP contribution < -0.4 is 14.8 Å². The number of benzene rings is 1. The highest BCUT2D eigenvalue weighted by Gasteiger charge is 2.20. The molecule has 0 radical (unpaired) electrons. The first-order chi connectivity index (χ1) is 12.2. The van der Waals surface area contributed by atoms with Gasteiger partial charge in [0, 0.05) is 45.0 Å². The summed E-state index contributed by atoms with van der Waals surface area (Å²) in [4.78, 5) is 16.6. The summed E-state index contributed by atoms with van der Waals surface area (Å²) >= 11 is 1.86. The number of methoxy groups -OCH3 is 2. The van der Waals surface area contributed by atoms with Gasteiger partial charge in [0.15, 0.2) is 11.5 Å². The minimum Gasteiger partial charge on any atom is -0.493 e. The first-order valence-corrected chi connectivity index (χ1v) is 10.0. The van der Waals surface area contributed by atoms with Crippen LogP contribution >= 0.6 is 11.8 Å². The number of carbonyl (C=O) groups is 1. The fourth-order valence-electron chi connectivity index (χ4n) is 2.96. The highest BCUT2D eigenvalue weighted by molar-refractivity contribution is 7.98. The predicted molar refractivity (Wildman–Crippen MR) is 103 cm³/mol. The number of carbonyl (C=O) groups excluding carboxylic acids is 1. The van der Waals surface area contributed by atoms with E-state index in [2.05, 4.69) is 16.5 Å². The third-order valence-electron chi connectivity index (χ3n) is 4.43. The fourth-order valence-corrected chi connectivity index (χ4v) is 3.40. The van der Waals surface area contributed by atoms with Crippen molar-refractivity contribution in [1.29, 1.82) is 0 Å². The van der Waals surface area contributed by atoms with E-state index in [1.165, 1.54) is 0 Å². The Morgan fingerprint density at radius 2 is 1.96 bits per heavy atom. The molecule has 0 aromatic heterocycles. The first-order valence-electron chi connectivity index (χ1n) is 8.63. The lowest BCUT2D eigenvalue weighted by molar-refractivity contribution is 0.144. The highest BCUT2D eigenvalue weighted by Crippen LogP contribution is 2.30. The Labute approximate surface area is 154 Å². The molecule has 0 saturated carbocycles. The van der Waals surface area contributed by atoms with Gasteiger partial charge in [-0.1, -0.05) is 12.1 Å². The molecule has 0 aliphatic carbocycles. The number of hydrogen-bond acceptors (Lipinski definition) is 5. The fraction of sp³-hybridized carbons (Fsp3) is 0.611. The summed E-state index contributed by atoms with van der Waals surface area (Å²) in [5.74, 6) is 2.60. The number of thioether (sulfide) groups is 1. The van der Waals surface area contributed by atoms with Crippen molar-refractivity contribution in [2.45, 2.75) is 6.42 Å². The maximum atomic E-state index is 12.3. The summed E-state index contributed by atoms with van der Waals surface area (Å²) < 4.78 is 10.7. The van der Waals surface area contributed by atoms with Gasteiger partial charge in [0.25, 0.3) is 0 Å². The van der Waals surface area contributed by atoms with Crippen LogP contribution in [0, 0.1) is 0 Å². The van der Waals surface area contributed by atoms with E-state index in [1.54, 1.807) is 14.2 Å². The number of ether oxygens (including phenoxy) is 2. The zero-order valence-electron chi connectivity index (χ0n) is 15.4. The molecule has 7 heteroatoms. The van der Waals surface area contributed by atoms with E-state index in [0.29, 0.717) is 18.7 Å². The van der Waals surface area contributed by atoms with Crippen LogP contribution in [0.5, 0.6) is 11.5 Å². The van der Waals surface area contributed by atoms with Gasteiger partial charge in [-0.05, 0) is 24.3 Å².